The van der Waals surface area contributed by atoms with Gasteiger partial charge in [0, 0.05) is 0 Å². The minimum Gasteiger partial charge on any atom is -0.547 e. The molecular weight excluding hydrogens is 430 g/mol. The summed E-state index contributed by atoms with van der Waals surface area (Å²) in [7, 11) is 0. The summed E-state index contributed by atoms with van der Waals surface area (Å²) in [6.07, 6.45) is -20.1. The monoisotopic (exact) mass is 436 g/mol. The molecule has 0 aromatic rings. The molecule has 0 saturated carbocycles. The summed E-state index contributed by atoms with van der Waals surface area (Å²) in [6.45, 7) is 0. The second-order valence-electron chi connectivity index (χ2n) is 3.37. The van der Waals surface area contributed by atoms with Crippen LogP contribution in [0.1, 0.15) is 0 Å². The van der Waals surface area contributed by atoms with Gasteiger partial charge in [0.25, 0.3) is 0 Å². The van der Waals surface area contributed by atoms with E-state index in [9.17, 15) is 50.5 Å². The second-order valence-corrected chi connectivity index (χ2v) is 3.37. The zero-order valence-corrected chi connectivity index (χ0v) is 13.8. The van der Waals surface area contributed by atoms with Crippen molar-refractivity contribution in [2.75, 3.05) is 0 Å². The van der Waals surface area contributed by atoms with Gasteiger partial charge in [0.15, 0.2) is 24.7 Å². The van der Waals surface area contributed by atoms with Gasteiger partial charge in [0.2, 0.25) is 6.17 Å². The van der Waals surface area contributed by atoms with Crippen molar-refractivity contribution in [2.45, 2.75) is 36.8 Å². The Labute approximate surface area is 147 Å². The first-order valence-corrected chi connectivity index (χ1v) is 4.45. The van der Waals surface area contributed by atoms with Gasteiger partial charge in [0.05, 0.1) is 5.97 Å². The number of carboxylic acids is 2. The van der Waals surface area contributed by atoms with E-state index >= 15 is 0 Å². The van der Waals surface area contributed by atoms with Crippen molar-refractivity contribution in [1.82, 2.24) is 0 Å². The van der Waals surface area contributed by atoms with Crippen LogP contribution in [0.3, 0.4) is 0 Å². The van der Waals surface area contributed by atoms with Crippen LogP contribution in [-0.4, -0.2) is 97.6 Å². The largest absolute Gasteiger partial charge is 2.00 e. The number of hydrogen-bond donors (Lipinski definition) is 0. The Bertz CT molecular complexity index is 356. The molecule has 0 aliphatic heterocycles. The molecular formula is C8H5BaF7O4. The Balaban J connectivity index is 0. The van der Waals surface area contributed by atoms with Crippen LogP contribution < -0.4 is 10.2 Å². The number of carboxylic acid groups (broad SMARTS) is 2. The third-order valence-corrected chi connectivity index (χ3v) is 2.01. The molecule has 4 nitrogen and oxygen atoms in total. The molecule has 12 heteroatoms. The van der Waals surface area contributed by atoms with Gasteiger partial charge < -0.3 is 19.8 Å². The first kappa shape index (κ1) is 22.3. The summed E-state index contributed by atoms with van der Waals surface area (Å²) in [4.78, 5) is 19.5. The molecule has 0 aromatic heterocycles. The van der Waals surface area contributed by atoms with Gasteiger partial charge in [-0.05, 0) is 0 Å². The second kappa shape index (κ2) is 8.46. The van der Waals surface area contributed by atoms with Gasteiger partial charge in [-0.15, -0.1) is 0 Å². The predicted octanol–water partition coefficient (Wildman–Crippen LogP) is -1.57. The number of halogens is 7. The summed E-state index contributed by atoms with van der Waals surface area (Å²) in [5, 5.41) is 19.5. The van der Waals surface area contributed by atoms with Crippen molar-refractivity contribution in [3.05, 3.63) is 0 Å². The van der Waals surface area contributed by atoms with E-state index in [1.54, 1.807) is 0 Å². The van der Waals surface area contributed by atoms with E-state index in [0.717, 1.165) is 0 Å². The summed E-state index contributed by atoms with van der Waals surface area (Å²) in [5.41, 5.74) is 0. The minimum atomic E-state index is -5.50. The Morgan fingerprint density at radius 1 is 0.850 bits per heavy atom. The molecule has 5 unspecified atom stereocenters. The smallest absolute Gasteiger partial charge is 0.547 e. The molecule has 0 saturated heterocycles. The number of alkyl halides is 7. The molecule has 0 heterocycles. The summed E-state index contributed by atoms with van der Waals surface area (Å²) in [6, 6.07) is 0. The molecule has 5 atom stereocenters. The minimum absolute atomic E-state index is 0. The fourth-order valence-electron chi connectivity index (χ4n) is 0.941. The van der Waals surface area contributed by atoms with Crippen LogP contribution in [0.15, 0.2) is 0 Å². The maximum absolute atomic E-state index is 12.8. The molecule has 0 aliphatic carbocycles. The van der Waals surface area contributed by atoms with Gasteiger partial charge in [-0.25, -0.2) is 22.0 Å². The summed E-state index contributed by atoms with van der Waals surface area (Å²) >= 11 is 0. The van der Waals surface area contributed by atoms with E-state index < -0.39 is 48.7 Å². The Morgan fingerprint density at radius 2 is 1.25 bits per heavy atom. The summed E-state index contributed by atoms with van der Waals surface area (Å²) in [5.74, 6) is -11.7. The van der Waals surface area contributed by atoms with Crippen molar-refractivity contribution in [3.63, 3.8) is 0 Å². The van der Waals surface area contributed by atoms with Gasteiger partial charge >= 0.3 is 54.8 Å². The van der Waals surface area contributed by atoms with E-state index in [4.69, 9.17) is 0 Å². The van der Waals surface area contributed by atoms with E-state index in [0.29, 0.717) is 0 Å². The first-order chi connectivity index (χ1) is 8.44. The number of hydrogen-bond acceptors (Lipinski definition) is 4. The molecule has 0 spiro atoms. The molecule has 0 amide bonds. The molecule has 0 aromatic carbocycles. The molecule has 112 valence electrons. The van der Waals surface area contributed by atoms with Crippen molar-refractivity contribution < 1.29 is 50.5 Å². The average Bonchev–Trinajstić information content (AvgIpc) is 2.33. The Morgan fingerprint density at radius 3 is 1.55 bits per heavy atom. The van der Waals surface area contributed by atoms with Crippen molar-refractivity contribution in [1.29, 1.82) is 0 Å². The van der Waals surface area contributed by atoms with Crippen LogP contribution in [0.25, 0.3) is 0 Å². The quantitative estimate of drug-likeness (QED) is 0.358. The number of aliphatic carboxylic acids is 2. The maximum Gasteiger partial charge on any atom is 2.00 e. The first-order valence-electron chi connectivity index (χ1n) is 4.45. The number of carbonyl (C=O) groups excluding carboxylic acids is 2. The van der Waals surface area contributed by atoms with Crippen molar-refractivity contribution in [3.8, 4) is 0 Å². The molecule has 20 heavy (non-hydrogen) atoms. The molecule has 0 fully saturated rings. The number of rotatable bonds is 7. The van der Waals surface area contributed by atoms with E-state index in [1.807, 2.05) is 0 Å². The molecule has 0 rings (SSSR count). The van der Waals surface area contributed by atoms with Crippen LogP contribution in [0.4, 0.5) is 30.7 Å². The predicted molar refractivity (Wildman–Crippen MR) is 45.2 cm³/mol. The Hall–Kier alpha value is 0.0214. The SMILES string of the molecule is O=C([O-])C(F)C(F)C(F)C(F)C(F)C(F)(F)C(=O)[O-].[Ba+2]. The molecule has 0 bridgehead atoms. The average molecular weight is 435 g/mol. The van der Waals surface area contributed by atoms with Crippen LogP contribution in [0, 0.1) is 0 Å². The third-order valence-electron chi connectivity index (χ3n) is 2.01. The Kier molecular flexibility index (Phi) is 9.44. The topological polar surface area (TPSA) is 80.3 Å². The van der Waals surface area contributed by atoms with Gasteiger partial charge in [-0.1, -0.05) is 0 Å². The zero-order valence-electron chi connectivity index (χ0n) is 9.37. The van der Waals surface area contributed by atoms with Crippen LogP contribution >= 0.6 is 0 Å². The fourth-order valence-corrected chi connectivity index (χ4v) is 0.941. The standard InChI is InChI=1S/C8H7F7O4.Ba/c9-1(2(10)4(12)6(16)17)3(11)5(13)8(14,15)7(18)19;/h1-5H,(H,16,17)(H,18,19);/q;+2/p-2. The van der Waals surface area contributed by atoms with E-state index in [2.05, 4.69) is 0 Å². The third kappa shape index (κ3) is 5.09. The van der Waals surface area contributed by atoms with Gasteiger partial charge in [-0.3, -0.25) is 0 Å². The van der Waals surface area contributed by atoms with Gasteiger partial charge in [0.1, 0.15) is 5.97 Å². The van der Waals surface area contributed by atoms with E-state index in [1.165, 1.54) is 0 Å². The molecule has 0 N–H and O–H groups in total. The fraction of sp³-hybridized carbons (Fsp3) is 0.750. The zero-order chi connectivity index (χ0) is 15.5. The van der Waals surface area contributed by atoms with Crippen molar-refractivity contribution >= 4 is 60.8 Å². The van der Waals surface area contributed by atoms with Crippen molar-refractivity contribution in [2.24, 2.45) is 0 Å². The van der Waals surface area contributed by atoms with Gasteiger partial charge in [-0.2, -0.15) is 8.78 Å². The normalized spacial score (nSPS) is 19.1. The van der Waals surface area contributed by atoms with Crippen LogP contribution in [-0.2, 0) is 9.59 Å². The van der Waals surface area contributed by atoms with Crippen LogP contribution in [0.5, 0.6) is 0 Å². The van der Waals surface area contributed by atoms with E-state index in [-0.39, 0.29) is 48.9 Å². The maximum atomic E-state index is 12.8. The molecule has 0 aliphatic rings. The summed E-state index contributed by atoms with van der Waals surface area (Å²) < 4.78 is 88.0. The molecule has 0 radical (unpaired) electrons. The van der Waals surface area contributed by atoms with Crippen LogP contribution in [0.2, 0.25) is 0 Å². The number of carbonyl (C=O) groups is 2.